The van der Waals surface area contributed by atoms with Gasteiger partial charge >= 0.3 is 0 Å². The molecular formula is C26H25N5. The number of hydrogen-bond acceptors (Lipinski definition) is 4. The van der Waals surface area contributed by atoms with Crippen molar-refractivity contribution in [1.82, 2.24) is 19.9 Å². The summed E-state index contributed by atoms with van der Waals surface area (Å²) in [5.74, 6) is 0.691. The second-order valence-corrected chi connectivity index (χ2v) is 8.32. The van der Waals surface area contributed by atoms with Gasteiger partial charge < -0.3 is 9.88 Å². The normalized spacial score (nSPS) is 14.6. The quantitative estimate of drug-likeness (QED) is 0.520. The molecule has 5 heteroatoms. The van der Waals surface area contributed by atoms with Crippen LogP contribution in [0.15, 0.2) is 61.1 Å². The largest absolute Gasteiger partial charge is 0.346 e. The predicted octanol–water partition coefficient (Wildman–Crippen LogP) is 4.95. The van der Waals surface area contributed by atoms with Crippen LogP contribution >= 0.6 is 0 Å². The highest BCUT2D eigenvalue weighted by atomic mass is 15.0. The zero-order valence-corrected chi connectivity index (χ0v) is 17.7. The Kier molecular flexibility index (Phi) is 5.23. The van der Waals surface area contributed by atoms with Gasteiger partial charge in [0.2, 0.25) is 0 Å². The molecule has 0 spiro atoms. The number of aromatic nitrogens is 3. The van der Waals surface area contributed by atoms with E-state index in [-0.39, 0.29) is 0 Å². The first-order valence-electron chi connectivity index (χ1n) is 10.8. The lowest BCUT2D eigenvalue weighted by Gasteiger charge is -2.23. The fourth-order valence-electron chi connectivity index (χ4n) is 4.49. The van der Waals surface area contributed by atoms with Crippen molar-refractivity contribution < 1.29 is 0 Å². The molecule has 0 amide bonds. The zero-order chi connectivity index (χ0) is 21.2. The Labute approximate surface area is 182 Å². The molecule has 4 aromatic rings. The van der Waals surface area contributed by atoms with Crippen LogP contribution in [0.5, 0.6) is 0 Å². The average Bonchev–Trinajstić information content (AvgIpc) is 3.22. The van der Waals surface area contributed by atoms with Gasteiger partial charge in [0.25, 0.3) is 0 Å². The lowest BCUT2D eigenvalue weighted by atomic mass is 9.96. The third-order valence-electron chi connectivity index (χ3n) is 6.23. The summed E-state index contributed by atoms with van der Waals surface area (Å²) in [4.78, 5) is 9.40. The number of fused-ring (bicyclic) bond motifs is 1. The number of benzene rings is 1. The molecular weight excluding hydrogens is 382 g/mol. The van der Waals surface area contributed by atoms with Crippen molar-refractivity contribution in [2.24, 2.45) is 5.92 Å². The number of rotatable bonds is 4. The Morgan fingerprint density at radius 2 is 1.77 bits per heavy atom. The van der Waals surface area contributed by atoms with Gasteiger partial charge in [0.15, 0.2) is 0 Å². The van der Waals surface area contributed by atoms with Gasteiger partial charge in [-0.1, -0.05) is 12.1 Å². The Balaban J connectivity index is 1.65. The van der Waals surface area contributed by atoms with Gasteiger partial charge in [-0.15, -0.1) is 0 Å². The molecule has 1 aliphatic rings. The van der Waals surface area contributed by atoms with Crippen molar-refractivity contribution in [1.29, 1.82) is 5.26 Å². The molecule has 1 saturated heterocycles. The van der Waals surface area contributed by atoms with Crippen LogP contribution in [0.1, 0.15) is 24.1 Å². The summed E-state index contributed by atoms with van der Waals surface area (Å²) in [5, 5.41) is 13.8. The topological polar surface area (TPSA) is 66.5 Å². The van der Waals surface area contributed by atoms with Crippen LogP contribution in [0.3, 0.4) is 0 Å². The number of hydrogen-bond donors (Lipinski definition) is 1. The van der Waals surface area contributed by atoms with Crippen LogP contribution in [0, 0.1) is 24.2 Å². The second kappa shape index (κ2) is 8.33. The summed E-state index contributed by atoms with van der Waals surface area (Å²) in [5.41, 5.74) is 6.87. The summed E-state index contributed by atoms with van der Waals surface area (Å²) in [6.45, 7) is 5.21. The third kappa shape index (κ3) is 3.83. The van der Waals surface area contributed by atoms with Crippen LogP contribution in [0.2, 0.25) is 0 Å². The molecule has 1 aromatic carbocycles. The summed E-state index contributed by atoms with van der Waals surface area (Å²) >= 11 is 0. The monoisotopic (exact) mass is 407 g/mol. The summed E-state index contributed by atoms with van der Waals surface area (Å²) in [7, 11) is 0. The van der Waals surface area contributed by atoms with Crippen LogP contribution in [-0.4, -0.2) is 27.6 Å². The molecule has 4 heterocycles. The molecule has 1 fully saturated rings. The Morgan fingerprint density at radius 3 is 2.48 bits per heavy atom. The molecule has 5 nitrogen and oxygen atoms in total. The summed E-state index contributed by atoms with van der Waals surface area (Å²) in [6.07, 6.45) is 8.51. The molecule has 0 atom stereocenters. The van der Waals surface area contributed by atoms with Gasteiger partial charge in [-0.2, -0.15) is 5.26 Å². The third-order valence-corrected chi connectivity index (χ3v) is 6.23. The Hall–Kier alpha value is -3.49. The fourth-order valence-corrected chi connectivity index (χ4v) is 4.49. The molecule has 1 aliphatic heterocycles. The first-order chi connectivity index (χ1) is 15.2. The molecule has 1 N–H and O–H groups in total. The minimum atomic E-state index is 0.658. The summed E-state index contributed by atoms with van der Waals surface area (Å²) < 4.78 is 2.35. The minimum Gasteiger partial charge on any atom is -0.346 e. The fraction of sp³-hybridized carbons (Fsp3) is 0.269. The van der Waals surface area contributed by atoms with Crippen molar-refractivity contribution in [3.8, 4) is 28.5 Å². The van der Waals surface area contributed by atoms with Crippen molar-refractivity contribution in [3.05, 3.63) is 72.3 Å². The molecule has 3 aromatic heterocycles. The average molecular weight is 408 g/mol. The van der Waals surface area contributed by atoms with Gasteiger partial charge in [0.1, 0.15) is 0 Å². The SMILES string of the molecule is Cc1ccc(-c2ncc3c(ccn3CC3CCNCC3)c2-c2ccc(C#N)cc2)cn1. The minimum absolute atomic E-state index is 0.658. The van der Waals surface area contributed by atoms with Crippen LogP contribution < -0.4 is 5.32 Å². The lowest BCUT2D eigenvalue weighted by molar-refractivity contribution is 0.337. The highest BCUT2D eigenvalue weighted by molar-refractivity contribution is 6.01. The van der Waals surface area contributed by atoms with Crippen LogP contribution in [0.25, 0.3) is 33.3 Å². The van der Waals surface area contributed by atoms with E-state index in [9.17, 15) is 5.26 Å². The van der Waals surface area contributed by atoms with E-state index in [0.717, 1.165) is 53.2 Å². The van der Waals surface area contributed by atoms with E-state index in [4.69, 9.17) is 4.98 Å². The van der Waals surface area contributed by atoms with Crippen molar-refractivity contribution in [3.63, 3.8) is 0 Å². The van der Waals surface area contributed by atoms with Gasteiger partial charge in [-0.3, -0.25) is 9.97 Å². The van der Waals surface area contributed by atoms with Crippen molar-refractivity contribution >= 4 is 10.9 Å². The number of nitriles is 1. The van der Waals surface area contributed by atoms with Gasteiger partial charge in [-0.05, 0) is 74.7 Å². The number of pyridine rings is 2. The maximum atomic E-state index is 9.21. The van der Waals surface area contributed by atoms with E-state index >= 15 is 0 Å². The van der Waals surface area contributed by atoms with Gasteiger partial charge in [0, 0.05) is 41.1 Å². The Bertz CT molecular complexity index is 1240. The zero-order valence-electron chi connectivity index (χ0n) is 17.7. The molecule has 5 rings (SSSR count). The van der Waals surface area contributed by atoms with E-state index in [0.29, 0.717) is 11.5 Å². The first-order valence-corrected chi connectivity index (χ1v) is 10.8. The van der Waals surface area contributed by atoms with E-state index in [1.54, 1.807) is 0 Å². The number of piperidine rings is 1. The molecule has 0 aliphatic carbocycles. The molecule has 154 valence electrons. The molecule has 31 heavy (non-hydrogen) atoms. The number of nitrogens with one attached hydrogen (secondary N) is 1. The van der Waals surface area contributed by atoms with E-state index in [1.807, 2.05) is 49.6 Å². The standard InChI is InChI=1S/C26H25N5/c1-18-2-5-22(15-29-18)26-25(21-6-3-19(14-27)4-7-21)23-10-13-31(24(23)16-30-26)17-20-8-11-28-12-9-20/h2-7,10,13,15-16,20,28H,8-9,11-12,17H2,1H3. The van der Waals surface area contributed by atoms with Crippen molar-refractivity contribution in [2.45, 2.75) is 26.3 Å². The van der Waals surface area contributed by atoms with Gasteiger partial charge in [-0.25, -0.2) is 0 Å². The Morgan fingerprint density at radius 1 is 1.00 bits per heavy atom. The highest BCUT2D eigenvalue weighted by Crippen LogP contribution is 2.37. The van der Waals surface area contributed by atoms with Gasteiger partial charge in [0.05, 0.1) is 29.0 Å². The van der Waals surface area contributed by atoms with E-state index in [2.05, 4.69) is 39.3 Å². The van der Waals surface area contributed by atoms with Crippen molar-refractivity contribution in [2.75, 3.05) is 13.1 Å². The number of nitrogens with zero attached hydrogens (tertiary/aromatic N) is 4. The number of aryl methyl sites for hydroxylation is 1. The molecule has 0 unspecified atom stereocenters. The molecule has 0 bridgehead atoms. The maximum absolute atomic E-state index is 9.21. The van der Waals surface area contributed by atoms with Crippen LogP contribution in [-0.2, 0) is 6.54 Å². The van der Waals surface area contributed by atoms with E-state index in [1.165, 1.54) is 18.2 Å². The van der Waals surface area contributed by atoms with Crippen LogP contribution in [0.4, 0.5) is 0 Å². The second-order valence-electron chi connectivity index (χ2n) is 8.32. The molecule has 0 radical (unpaired) electrons. The summed E-state index contributed by atoms with van der Waals surface area (Å²) in [6, 6.07) is 16.3. The highest BCUT2D eigenvalue weighted by Gasteiger charge is 2.18. The lowest BCUT2D eigenvalue weighted by Crippen LogP contribution is -2.29. The van der Waals surface area contributed by atoms with E-state index < -0.39 is 0 Å². The maximum Gasteiger partial charge on any atom is 0.0991 e. The predicted molar refractivity (Wildman–Crippen MR) is 123 cm³/mol. The first kappa shape index (κ1) is 19.5. The molecule has 0 saturated carbocycles. The smallest absolute Gasteiger partial charge is 0.0991 e.